The summed E-state index contributed by atoms with van der Waals surface area (Å²) in [7, 11) is 0. The van der Waals surface area contributed by atoms with Crippen molar-refractivity contribution in [3.63, 3.8) is 0 Å². The van der Waals surface area contributed by atoms with Crippen LogP contribution in [-0.2, 0) is 42.7 Å². The summed E-state index contributed by atoms with van der Waals surface area (Å²) in [4.78, 5) is 14.0. The molecule has 0 aromatic rings. The number of hydrogen-bond donors (Lipinski definition) is 2. The molecule has 10 heterocycles. The van der Waals surface area contributed by atoms with E-state index < -0.39 is 17.5 Å². The highest BCUT2D eigenvalue weighted by Gasteiger charge is 2.73. The molecule has 10 aliphatic rings. The zero-order valence-corrected chi connectivity index (χ0v) is 31.2. The molecular weight excluding hydrogens is 668 g/mol. The Labute approximate surface area is 308 Å². The lowest BCUT2D eigenvalue weighted by Crippen LogP contribution is -2.64. The van der Waals surface area contributed by atoms with Crippen molar-refractivity contribution in [2.75, 3.05) is 13.2 Å². The molecule has 0 amide bonds. The summed E-state index contributed by atoms with van der Waals surface area (Å²) < 4.78 is 54.1. The fourth-order valence-corrected chi connectivity index (χ4v) is 11.8. The van der Waals surface area contributed by atoms with Gasteiger partial charge in [0, 0.05) is 44.4 Å². The Morgan fingerprint density at radius 1 is 0.827 bits per heavy atom. The molecule has 0 aliphatic carbocycles. The molecule has 10 rings (SSSR count). The highest BCUT2D eigenvalue weighted by molar-refractivity contribution is 5.79. The quantitative estimate of drug-likeness (QED) is 0.403. The predicted octanol–water partition coefficient (Wildman–Crippen LogP) is 4.34. The van der Waals surface area contributed by atoms with Crippen LogP contribution in [0.3, 0.4) is 0 Å². The number of rotatable bonds is 3. The van der Waals surface area contributed by atoms with E-state index >= 15 is 0 Å². The van der Waals surface area contributed by atoms with E-state index in [1.807, 2.05) is 0 Å². The smallest absolute Gasteiger partial charge is 0.172 e. The van der Waals surface area contributed by atoms with Crippen molar-refractivity contribution in [3.8, 4) is 0 Å². The maximum absolute atomic E-state index is 14.0. The van der Waals surface area contributed by atoms with Crippen molar-refractivity contribution in [2.24, 2.45) is 23.7 Å². The first-order valence-electron chi connectivity index (χ1n) is 20.4. The summed E-state index contributed by atoms with van der Waals surface area (Å²) in [6.07, 6.45) is 5.29. The third kappa shape index (κ3) is 6.31. The van der Waals surface area contributed by atoms with Gasteiger partial charge in [-0.15, -0.1) is 0 Å². The maximum Gasteiger partial charge on any atom is 0.172 e. The van der Waals surface area contributed by atoms with E-state index in [0.29, 0.717) is 51.0 Å². The third-order valence-corrected chi connectivity index (χ3v) is 14.7. The Bertz CT molecular complexity index is 1400. The molecule has 0 aromatic carbocycles. The van der Waals surface area contributed by atoms with Crippen LogP contribution < -0.4 is 0 Å². The van der Waals surface area contributed by atoms with E-state index in [-0.39, 0.29) is 103 Å². The number of aliphatic hydroxyl groups is 2. The van der Waals surface area contributed by atoms with Gasteiger partial charge in [-0.25, -0.2) is 0 Å². The van der Waals surface area contributed by atoms with Crippen LogP contribution in [-0.4, -0.2) is 120 Å². The van der Waals surface area contributed by atoms with Crippen LogP contribution in [0.4, 0.5) is 0 Å². The van der Waals surface area contributed by atoms with Crippen molar-refractivity contribution in [3.05, 3.63) is 24.3 Å². The molecule has 19 atom stereocenters. The number of hydrogen-bond acceptors (Lipinski definition) is 11. The fraction of sp³-hybridized carbons (Fsp3) is 0.878. The second kappa shape index (κ2) is 13.7. The van der Waals surface area contributed by atoms with Gasteiger partial charge in [-0.3, -0.25) is 4.79 Å². The highest BCUT2D eigenvalue weighted by Crippen LogP contribution is 2.59. The first-order chi connectivity index (χ1) is 24.9. The Morgan fingerprint density at radius 3 is 2.48 bits per heavy atom. The second-order valence-corrected chi connectivity index (χ2v) is 18.2. The van der Waals surface area contributed by atoms with Crippen LogP contribution in [0.2, 0.25) is 0 Å². The van der Waals surface area contributed by atoms with E-state index in [1.54, 1.807) is 0 Å². The number of ketones is 1. The predicted molar refractivity (Wildman–Crippen MR) is 187 cm³/mol. The fourth-order valence-electron chi connectivity index (χ4n) is 11.8. The van der Waals surface area contributed by atoms with Crippen LogP contribution in [0.25, 0.3) is 0 Å². The summed E-state index contributed by atoms with van der Waals surface area (Å²) in [5.41, 5.74) is 1.60. The van der Waals surface area contributed by atoms with Gasteiger partial charge >= 0.3 is 0 Å². The first kappa shape index (κ1) is 36.4. The largest absolute Gasteiger partial charge is 0.394 e. The van der Waals surface area contributed by atoms with Gasteiger partial charge in [-0.1, -0.05) is 27.0 Å². The Morgan fingerprint density at radius 2 is 1.65 bits per heavy atom. The average Bonchev–Trinajstić information content (AvgIpc) is 3.76. The zero-order chi connectivity index (χ0) is 36.1. The van der Waals surface area contributed by atoms with Crippen LogP contribution >= 0.6 is 0 Å². The van der Waals surface area contributed by atoms with E-state index in [0.717, 1.165) is 49.7 Å². The molecule has 10 fully saturated rings. The molecule has 0 radical (unpaired) electrons. The molecule has 12 bridgehead atoms. The molecule has 0 saturated carbocycles. The van der Waals surface area contributed by atoms with E-state index in [1.165, 1.54) is 0 Å². The lowest BCUT2D eigenvalue weighted by atomic mass is 9.74. The molecule has 2 N–H and O–H groups in total. The summed E-state index contributed by atoms with van der Waals surface area (Å²) in [6.45, 7) is 15.5. The molecule has 11 nitrogen and oxygen atoms in total. The minimum absolute atomic E-state index is 0.00847. The van der Waals surface area contributed by atoms with E-state index in [4.69, 9.17) is 37.9 Å². The lowest BCUT2D eigenvalue weighted by Gasteiger charge is -2.51. The Kier molecular flexibility index (Phi) is 9.62. The van der Waals surface area contributed by atoms with Gasteiger partial charge in [-0.05, 0) is 74.3 Å². The van der Waals surface area contributed by atoms with Crippen molar-refractivity contribution >= 4 is 5.78 Å². The number of ether oxygens (including phenoxy) is 8. The topological polar surface area (TPSA) is 131 Å². The van der Waals surface area contributed by atoms with Crippen LogP contribution in [0, 0.1) is 23.7 Å². The molecule has 290 valence electrons. The Hall–Kier alpha value is -1.25. The number of Topliss-reactive ketones (excluding diaryl/α,β-unsaturated/α-hetero) is 1. The first-order valence-corrected chi connectivity index (χ1v) is 20.4. The molecular formula is C41H60O11. The number of carbonyl (C=O) groups excluding carboxylic acids is 1. The van der Waals surface area contributed by atoms with Gasteiger partial charge in [0.25, 0.3) is 0 Å². The number of fused-ring (bicyclic) bond motifs is 6. The SMILES string of the molecule is C=C1CC2CC[C@@]34C[C@H]5O[C@H]6[C@@H](O3)[C@H]3CC(CC(=O)C[C@H]7C(C[C@H]8O[C@@H](CC[C@@H]1O2)C[C@@H](C)C8=C)O[C@H](C[C@H](O)CO)[C@@H]7C)OC[C@@H]3O[C@@]6(C)C5O4. The monoisotopic (exact) mass is 728 g/mol. The average molecular weight is 729 g/mol. The van der Waals surface area contributed by atoms with E-state index in [2.05, 4.69) is 33.9 Å². The molecule has 11 heteroatoms. The van der Waals surface area contributed by atoms with Gasteiger partial charge in [-0.2, -0.15) is 0 Å². The van der Waals surface area contributed by atoms with Gasteiger partial charge < -0.3 is 48.1 Å². The summed E-state index contributed by atoms with van der Waals surface area (Å²) in [5.74, 6) is -0.350. The summed E-state index contributed by atoms with van der Waals surface area (Å²) >= 11 is 0. The number of carbonyl (C=O) groups is 1. The maximum atomic E-state index is 14.0. The number of aliphatic hydroxyl groups excluding tert-OH is 2. The minimum atomic E-state index is -0.875. The van der Waals surface area contributed by atoms with Crippen LogP contribution in [0.15, 0.2) is 24.3 Å². The standard InChI is InChI=1S/C41H60O11/c1-20-10-26-6-7-31-21(2)11-27(46-31)8-9-41-17-35-38(52-41)40(5)39(49-35)37(51-41)30-15-28(45-19-36(30)50-40)12-24(43)13-29-23(4)32(14-25(44)18-42)48-34(29)16-33(47-26)22(20)3/h20,23,25-39,42,44H,2-3,6-19H2,1,4-5H3/t20-,23-,25+,26+,27?,28?,29-,30+,31+,32-,33-,34?,35-,36+,37+,38?,39+,40+,41-/m1/s1. The van der Waals surface area contributed by atoms with Gasteiger partial charge in [0.05, 0.1) is 80.4 Å². The molecule has 10 aliphatic heterocycles. The van der Waals surface area contributed by atoms with Crippen LogP contribution in [0.1, 0.15) is 97.8 Å². The van der Waals surface area contributed by atoms with Gasteiger partial charge in [0.15, 0.2) is 5.79 Å². The molecule has 0 aromatic heterocycles. The van der Waals surface area contributed by atoms with Crippen molar-refractivity contribution in [2.45, 2.75) is 189 Å². The van der Waals surface area contributed by atoms with Crippen molar-refractivity contribution < 1.29 is 52.9 Å². The second-order valence-electron chi connectivity index (χ2n) is 18.2. The lowest BCUT2D eigenvalue weighted by molar-refractivity contribution is -0.283. The molecule has 1 spiro atoms. The highest BCUT2D eigenvalue weighted by atomic mass is 16.8. The van der Waals surface area contributed by atoms with Crippen LogP contribution in [0.5, 0.6) is 0 Å². The molecule has 10 saturated heterocycles. The zero-order valence-electron chi connectivity index (χ0n) is 31.2. The van der Waals surface area contributed by atoms with Crippen molar-refractivity contribution in [1.82, 2.24) is 0 Å². The normalized spacial score (nSPS) is 53.8. The minimum Gasteiger partial charge on any atom is -0.394 e. The van der Waals surface area contributed by atoms with Gasteiger partial charge in [0.1, 0.15) is 23.6 Å². The Balaban J connectivity index is 0.995. The third-order valence-electron chi connectivity index (χ3n) is 14.7. The van der Waals surface area contributed by atoms with Gasteiger partial charge in [0.2, 0.25) is 0 Å². The summed E-state index contributed by atoms with van der Waals surface area (Å²) in [5, 5.41) is 20.0. The molecule has 4 unspecified atom stereocenters. The molecule has 52 heavy (non-hydrogen) atoms. The van der Waals surface area contributed by atoms with E-state index in [9.17, 15) is 15.0 Å². The van der Waals surface area contributed by atoms with Crippen molar-refractivity contribution in [1.29, 1.82) is 0 Å². The summed E-state index contributed by atoms with van der Waals surface area (Å²) in [6, 6.07) is 0.